The van der Waals surface area contributed by atoms with Crippen LogP contribution in [0.15, 0.2) is 47.4 Å². The van der Waals surface area contributed by atoms with Crippen LogP contribution in [0.5, 0.6) is 0 Å². The number of nitrogens with one attached hydrogen (secondary N) is 1. The topological polar surface area (TPSA) is 75.0 Å². The number of carbonyl (C=O) groups is 1. The molecule has 1 radical (unpaired) electrons. The van der Waals surface area contributed by atoms with E-state index in [2.05, 4.69) is 0 Å². The van der Waals surface area contributed by atoms with Crippen molar-refractivity contribution >= 4 is 27.3 Å². The first-order valence-corrected chi connectivity index (χ1v) is 10.2. The standard InChI is InChI=1S/C19H17ClF2NO3S/c20-13-1-4-15(5-2-13)27(25,26)19(9-7-12(8-10-19)18(23)24)16-11-14(21)3-6-17(16)22/h1-6,11-12,23H,7-10H2. The lowest BCUT2D eigenvalue weighted by Gasteiger charge is -2.39. The number of hydrogen-bond acceptors (Lipinski definition) is 3. The second-order valence-corrected chi connectivity index (χ2v) is 9.41. The zero-order chi connectivity index (χ0) is 19.8. The predicted molar refractivity (Wildman–Crippen MR) is 96.7 cm³/mol. The van der Waals surface area contributed by atoms with Gasteiger partial charge in [0.1, 0.15) is 16.4 Å². The van der Waals surface area contributed by atoms with Crippen molar-refractivity contribution in [1.29, 1.82) is 0 Å². The van der Waals surface area contributed by atoms with E-state index in [0.29, 0.717) is 5.02 Å². The Balaban J connectivity index is 2.18. The lowest BCUT2D eigenvalue weighted by molar-refractivity contribution is -0.123. The maximum atomic E-state index is 14.6. The van der Waals surface area contributed by atoms with Crippen molar-refractivity contribution in [3.63, 3.8) is 0 Å². The number of hydrogen-bond donors (Lipinski definition) is 0. The Hall–Kier alpha value is -1.99. The van der Waals surface area contributed by atoms with Gasteiger partial charge in [-0.3, -0.25) is 10.5 Å². The maximum Gasteiger partial charge on any atom is 0.241 e. The van der Waals surface area contributed by atoms with Crippen LogP contribution in [0.3, 0.4) is 0 Å². The first-order chi connectivity index (χ1) is 12.7. The molecule has 2 aromatic rings. The smallest absolute Gasteiger partial charge is 0.241 e. The first-order valence-electron chi connectivity index (χ1n) is 8.38. The van der Waals surface area contributed by atoms with Gasteiger partial charge in [-0.2, -0.15) is 0 Å². The fourth-order valence-electron chi connectivity index (χ4n) is 3.72. The number of amides is 1. The van der Waals surface area contributed by atoms with Crippen LogP contribution in [0, 0.1) is 17.6 Å². The van der Waals surface area contributed by atoms with Crippen molar-refractivity contribution in [3.05, 3.63) is 64.7 Å². The minimum Gasteiger partial charge on any atom is -0.273 e. The van der Waals surface area contributed by atoms with Crippen LogP contribution in [0.1, 0.15) is 31.2 Å². The lowest BCUT2D eigenvalue weighted by Crippen LogP contribution is -2.42. The Bertz CT molecular complexity index is 969. The zero-order valence-corrected chi connectivity index (χ0v) is 15.8. The molecule has 4 nitrogen and oxygen atoms in total. The molecule has 0 bridgehead atoms. The maximum absolute atomic E-state index is 14.6. The molecule has 1 fully saturated rings. The van der Waals surface area contributed by atoms with Gasteiger partial charge in [0, 0.05) is 16.5 Å². The van der Waals surface area contributed by atoms with Crippen molar-refractivity contribution in [2.45, 2.75) is 35.3 Å². The highest BCUT2D eigenvalue weighted by molar-refractivity contribution is 7.92. The Kier molecular flexibility index (Phi) is 5.27. The third-order valence-corrected chi connectivity index (χ3v) is 8.02. The van der Waals surface area contributed by atoms with Gasteiger partial charge in [0.05, 0.1) is 4.90 Å². The van der Waals surface area contributed by atoms with Crippen LogP contribution in [0.25, 0.3) is 0 Å². The Morgan fingerprint density at radius 2 is 1.67 bits per heavy atom. The van der Waals surface area contributed by atoms with Gasteiger partial charge in [0.2, 0.25) is 5.91 Å². The summed E-state index contributed by atoms with van der Waals surface area (Å²) < 4.78 is 53.8. The van der Waals surface area contributed by atoms with E-state index in [1.165, 1.54) is 24.3 Å². The molecule has 1 amide bonds. The monoisotopic (exact) mass is 412 g/mol. The van der Waals surface area contributed by atoms with Gasteiger partial charge in [-0.25, -0.2) is 17.2 Å². The third-order valence-electron chi connectivity index (χ3n) is 5.22. The Morgan fingerprint density at radius 1 is 1.07 bits per heavy atom. The minimum atomic E-state index is -4.12. The predicted octanol–water partition coefficient (Wildman–Crippen LogP) is 4.29. The van der Waals surface area contributed by atoms with Gasteiger partial charge >= 0.3 is 0 Å². The molecule has 0 aromatic heterocycles. The largest absolute Gasteiger partial charge is 0.273 e. The van der Waals surface area contributed by atoms with Crippen molar-refractivity contribution < 1.29 is 22.0 Å². The van der Waals surface area contributed by atoms with Crippen LogP contribution >= 0.6 is 11.6 Å². The van der Waals surface area contributed by atoms with Gasteiger partial charge in [0.15, 0.2) is 9.84 Å². The van der Waals surface area contributed by atoms with E-state index in [-0.39, 0.29) is 36.1 Å². The van der Waals surface area contributed by atoms with Gasteiger partial charge in [0.25, 0.3) is 0 Å². The summed E-state index contributed by atoms with van der Waals surface area (Å²) in [6.07, 6.45) is 0.0808. The molecule has 1 aliphatic rings. The molecular weight excluding hydrogens is 396 g/mol. The second kappa shape index (κ2) is 7.20. The number of carbonyl (C=O) groups excluding carboxylic acids is 1. The molecule has 0 heterocycles. The van der Waals surface area contributed by atoms with Crippen LogP contribution in [0.4, 0.5) is 8.78 Å². The quantitative estimate of drug-likeness (QED) is 0.751. The normalized spacial score (nSPS) is 23.1. The van der Waals surface area contributed by atoms with Crippen molar-refractivity contribution in [2.24, 2.45) is 5.92 Å². The number of benzene rings is 2. The SMILES string of the molecule is [NH]C(=O)C1CCC(c2cc(F)ccc2F)(S(=O)(=O)c2ccc(Cl)cc2)CC1. The van der Waals surface area contributed by atoms with Crippen LogP contribution < -0.4 is 5.73 Å². The molecule has 0 saturated heterocycles. The fraction of sp³-hybridized carbons (Fsp3) is 0.316. The molecule has 1 aliphatic carbocycles. The van der Waals surface area contributed by atoms with E-state index >= 15 is 0 Å². The fourth-order valence-corrected chi connectivity index (χ4v) is 6.01. The average Bonchev–Trinajstić information content (AvgIpc) is 2.64. The minimum absolute atomic E-state index is 0.0498. The molecule has 1 saturated carbocycles. The van der Waals surface area contributed by atoms with Crippen molar-refractivity contribution in [2.75, 3.05) is 0 Å². The van der Waals surface area contributed by atoms with Crippen LogP contribution in [-0.2, 0) is 19.4 Å². The molecule has 0 atom stereocenters. The summed E-state index contributed by atoms with van der Waals surface area (Å²) in [4.78, 5) is 11.3. The number of sulfone groups is 1. The molecule has 143 valence electrons. The van der Waals surface area contributed by atoms with Gasteiger partial charge in [-0.15, -0.1) is 0 Å². The highest BCUT2D eigenvalue weighted by atomic mass is 35.5. The molecule has 0 unspecified atom stereocenters. The molecule has 1 N–H and O–H groups in total. The summed E-state index contributed by atoms with van der Waals surface area (Å²) in [5.41, 5.74) is 7.05. The van der Waals surface area contributed by atoms with E-state index in [1.54, 1.807) is 0 Å². The third kappa shape index (κ3) is 3.46. The molecule has 8 heteroatoms. The van der Waals surface area contributed by atoms with E-state index in [0.717, 1.165) is 18.2 Å². The lowest BCUT2D eigenvalue weighted by atomic mass is 9.77. The molecule has 0 spiro atoms. The van der Waals surface area contributed by atoms with Gasteiger partial charge in [-0.1, -0.05) is 11.6 Å². The van der Waals surface area contributed by atoms with Crippen molar-refractivity contribution in [3.8, 4) is 0 Å². The summed E-state index contributed by atoms with van der Waals surface area (Å²) in [6.45, 7) is 0. The zero-order valence-electron chi connectivity index (χ0n) is 14.2. The molecule has 3 rings (SSSR count). The van der Waals surface area contributed by atoms with E-state index in [1.807, 2.05) is 0 Å². The van der Waals surface area contributed by atoms with Crippen molar-refractivity contribution in [1.82, 2.24) is 5.73 Å². The average molecular weight is 413 g/mol. The highest BCUT2D eigenvalue weighted by Crippen LogP contribution is 2.49. The van der Waals surface area contributed by atoms with Gasteiger partial charge in [-0.05, 0) is 68.1 Å². The summed E-state index contributed by atoms with van der Waals surface area (Å²) in [5, 5.41) is 0.350. The summed E-state index contributed by atoms with van der Waals surface area (Å²) in [5.74, 6) is -2.93. The first kappa shape index (κ1) is 19.8. The second-order valence-electron chi connectivity index (χ2n) is 6.71. The van der Waals surface area contributed by atoms with E-state index in [4.69, 9.17) is 17.3 Å². The molecular formula is C19H17ClF2NO3S. The van der Waals surface area contributed by atoms with E-state index < -0.39 is 38.0 Å². The Labute approximate surface area is 161 Å². The molecule has 2 aromatic carbocycles. The molecule has 27 heavy (non-hydrogen) atoms. The van der Waals surface area contributed by atoms with Crippen LogP contribution in [-0.4, -0.2) is 14.3 Å². The number of rotatable bonds is 4. The number of halogens is 3. The summed E-state index contributed by atoms with van der Waals surface area (Å²) >= 11 is 5.84. The van der Waals surface area contributed by atoms with Gasteiger partial charge < -0.3 is 0 Å². The Morgan fingerprint density at radius 3 is 2.22 bits per heavy atom. The van der Waals surface area contributed by atoms with Crippen LogP contribution in [0.2, 0.25) is 5.02 Å². The highest BCUT2D eigenvalue weighted by Gasteiger charge is 2.50. The molecule has 0 aliphatic heterocycles. The van der Waals surface area contributed by atoms with E-state index in [9.17, 15) is 22.0 Å². The summed E-state index contributed by atoms with van der Waals surface area (Å²) in [6, 6.07) is 8.25. The summed E-state index contributed by atoms with van der Waals surface area (Å²) in [7, 11) is -4.12.